The number of hydrogen-bond acceptors (Lipinski definition) is 2. The van der Waals surface area contributed by atoms with Crippen molar-refractivity contribution >= 4 is 23.1 Å². The Bertz CT molecular complexity index is 481. The van der Waals surface area contributed by atoms with Crippen LogP contribution in [-0.2, 0) is 4.79 Å². The first-order valence-corrected chi connectivity index (χ1v) is 7.59. The molecule has 1 amide bonds. The maximum atomic E-state index is 12.6. The Kier molecular flexibility index (Phi) is 4.76. The Labute approximate surface area is 125 Å². The van der Waals surface area contributed by atoms with Crippen LogP contribution in [-0.4, -0.2) is 10.9 Å². The summed E-state index contributed by atoms with van der Waals surface area (Å²) in [5.41, 5.74) is 6.46. The van der Waals surface area contributed by atoms with Crippen molar-refractivity contribution in [2.24, 2.45) is 11.1 Å². The minimum absolute atomic E-state index is 0.0684. The van der Waals surface area contributed by atoms with Crippen LogP contribution in [0.5, 0.6) is 0 Å². The van der Waals surface area contributed by atoms with E-state index < -0.39 is 0 Å². The number of thiocarbonyl (C=S) groups is 1. The van der Waals surface area contributed by atoms with Crippen LogP contribution >= 0.6 is 12.2 Å². The zero-order valence-electron chi connectivity index (χ0n) is 11.9. The number of carbonyl (C=O) groups excluding carboxylic acids is 1. The Morgan fingerprint density at radius 3 is 2.40 bits per heavy atom. The lowest BCUT2D eigenvalue weighted by molar-refractivity contribution is -0.132. The van der Waals surface area contributed by atoms with Crippen LogP contribution < -0.4 is 11.1 Å². The van der Waals surface area contributed by atoms with Gasteiger partial charge in [-0.3, -0.25) is 4.79 Å². The number of nitrogens with one attached hydrogen (secondary N) is 1. The number of hydrogen-bond donors (Lipinski definition) is 2. The van der Waals surface area contributed by atoms with Gasteiger partial charge in [-0.15, -0.1) is 0 Å². The fourth-order valence-electron chi connectivity index (χ4n) is 2.83. The average Bonchev–Trinajstić information content (AvgIpc) is 2.45. The standard InChI is InChI=1S/C16H22N2OS/c1-16(10-6-3-7-11-16)15(19)18-13(14(17)20)12-8-4-2-5-9-12/h2,4-5,8-9,13H,3,6-7,10-11H2,1H3,(H2,17,20)(H,18,19). The van der Waals surface area contributed by atoms with Crippen LogP contribution in [0.25, 0.3) is 0 Å². The largest absolute Gasteiger partial charge is 0.391 e. The second-order valence-electron chi connectivity index (χ2n) is 5.84. The van der Waals surface area contributed by atoms with Crippen molar-refractivity contribution in [3.05, 3.63) is 35.9 Å². The summed E-state index contributed by atoms with van der Waals surface area (Å²) in [4.78, 5) is 12.9. The molecule has 0 heterocycles. The summed E-state index contributed by atoms with van der Waals surface area (Å²) in [6.45, 7) is 2.04. The summed E-state index contributed by atoms with van der Waals surface area (Å²) >= 11 is 5.12. The van der Waals surface area contributed by atoms with Gasteiger partial charge in [-0.1, -0.05) is 68.7 Å². The fraction of sp³-hybridized carbons (Fsp3) is 0.500. The first-order valence-electron chi connectivity index (χ1n) is 7.18. The van der Waals surface area contributed by atoms with Crippen LogP contribution in [0.4, 0.5) is 0 Å². The van der Waals surface area contributed by atoms with Gasteiger partial charge in [-0.05, 0) is 18.4 Å². The van der Waals surface area contributed by atoms with Crippen molar-refractivity contribution in [2.75, 3.05) is 0 Å². The molecule has 1 fully saturated rings. The predicted molar refractivity (Wildman–Crippen MR) is 85.3 cm³/mol. The first kappa shape index (κ1) is 15.0. The van der Waals surface area contributed by atoms with Gasteiger partial charge in [-0.25, -0.2) is 0 Å². The maximum absolute atomic E-state index is 12.6. The van der Waals surface area contributed by atoms with E-state index in [1.54, 1.807) is 0 Å². The van der Waals surface area contributed by atoms with Crippen molar-refractivity contribution in [3.8, 4) is 0 Å². The summed E-state index contributed by atoms with van der Waals surface area (Å²) in [5.74, 6) is 0.0684. The molecule has 1 unspecified atom stereocenters. The van der Waals surface area contributed by atoms with Gasteiger partial charge in [0.2, 0.25) is 5.91 Å². The molecule has 1 atom stereocenters. The molecule has 0 aliphatic heterocycles. The highest BCUT2D eigenvalue weighted by Crippen LogP contribution is 2.36. The van der Waals surface area contributed by atoms with E-state index in [1.807, 2.05) is 37.3 Å². The third-order valence-electron chi connectivity index (χ3n) is 4.20. The molecule has 2 rings (SSSR count). The molecule has 108 valence electrons. The van der Waals surface area contributed by atoms with Crippen molar-refractivity contribution < 1.29 is 4.79 Å². The van der Waals surface area contributed by atoms with Gasteiger partial charge in [0, 0.05) is 5.41 Å². The topological polar surface area (TPSA) is 55.1 Å². The number of amides is 1. The molecule has 1 aromatic rings. The maximum Gasteiger partial charge on any atom is 0.226 e. The highest BCUT2D eigenvalue weighted by Gasteiger charge is 2.36. The van der Waals surface area contributed by atoms with E-state index in [1.165, 1.54) is 6.42 Å². The highest BCUT2D eigenvalue weighted by molar-refractivity contribution is 7.80. The number of benzene rings is 1. The second kappa shape index (κ2) is 6.35. The molecule has 1 aliphatic rings. The molecule has 0 aromatic heterocycles. The molecule has 0 saturated heterocycles. The smallest absolute Gasteiger partial charge is 0.226 e. The van der Waals surface area contributed by atoms with Crippen LogP contribution in [0.2, 0.25) is 0 Å². The number of carbonyl (C=O) groups is 1. The molecular weight excluding hydrogens is 268 g/mol. The van der Waals surface area contributed by atoms with Crippen molar-refractivity contribution in [2.45, 2.75) is 45.1 Å². The van der Waals surface area contributed by atoms with Crippen molar-refractivity contribution in [1.29, 1.82) is 0 Å². The molecule has 0 radical (unpaired) electrons. The molecule has 3 N–H and O–H groups in total. The summed E-state index contributed by atoms with van der Waals surface area (Å²) in [7, 11) is 0. The zero-order valence-corrected chi connectivity index (χ0v) is 12.7. The molecule has 0 bridgehead atoms. The van der Waals surface area contributed by atoms with E-state index in [4.69, 9.17) is 18.0 Å². The zero-order chi connectivity index (χ0) is 14.6. The summed E-state index contributed by atoms with van der Waals surface area (Å²) in [6, 6.07) is 9.28. The van der Waals surface area contributed by atoms with E-state index in [0.29, 0.717) is 4.99 Å². The molecule has 4 heteroatoms. The van der Waals surface area contributed by atoms with Gasteiger partial charge >= 0.3 is 0 Å². The SMILES string of the molecule is CC1(C(=O)NC(C(N)=S)c2ccccc2)CCCCC1. The molecule has 0 spiro atoms. The monoisotopic (exact) mass is 290 g/mol. The van der Waals surface area contributed by atoms with Crippen molar-refractivity contribution in [1.82, 2.24) is 5.32 Å². The fourth-order valence-corrected chi connectivity index (χ4v) is 3.02. The molecule has 1 aliphatic carbocycles. The lowest BCUT2D eigenvalue weighted by Crippen LogP contribution is -2.45. The van der Waals surface area contributed by atoms with Gasteiger partial charge in [0.1, 0.15) is 11.0 Å². The van der Waals surface area contributed by atoms with E-state index in [9.17, 15) is 4.79 Å². The minimum atomic E-state index is -0.377. The lowest BCUT2D eigenvalue weighted by Gasteiger charge is -2.33. The third kappa shape index (κ3) is 3.37. The van der Waals surface area contributed by atoms with Crippen LogP contribution in [0.15, 0.2) is 30.3 Å². The normalized spacial score (nSPS) is 19.1. The van der Waals surface area contributed by atoms with E-state index in [0.717, 1.165) is 31.2 Å². The number of nitrogens with two attached hydrogens (primary N) is 1. The minimum Gasteiger partial charge on any atom is -0.391 e. The summed E-state index contributed by atoms with van der Waals surface area (Å²) in [5, 5.41) is 3.04. The lowest BCUT2D eigenvalue weighted by atomic mass is 9.75. The van der Waals surface area contributed by atoms with Crippen LogP contribution in [0.1, 0.15) is 50.6 Å². The van der Waals surface area contributed by atoms with Gasteiger partial charge in [0.15, 0.2) is 0 Å². The van der Waals surface area contributed by atoms with Gasteiger partial charge in [-0.2, -0.15) is 0 Å². The molecule has 1 saturated carbocycles. The van der Waals surface area contributed by atoms with Crippen LogP contribution in [0, 0.1) is 5.41 Å². The Balaban J connectivity index is 2.12. The quantitative estimate of drug-likeness (QED) is 0.838. The van der Waals surface area contributed by atoms with E-state index in [-0.39, 0.29) is 17.4 Å². The highest BCUT2D eigenvalue weighted by atomic mass is 32.1. The summed E-state index contributed by atoms with van der Waals surface area (Å²) < 4.78 is 0. The summed E-state index contributed by atoms with van der Waals surface area (Å²) in [6.07, 6.45) is 5.34. The molecule has 3 nitrogen and oxygen atoms in total. The molecule has 1 aromatic carbocycles. The van der Waals surface area contributed by atoms with Gasteiger partial charge < -0.3 is 11.1 Å². The van der Waals surface area contributed by atoms with Crippen LogP contribution in [0.3, 0.4) is 0 Å². The van der Waals surface area contributed by atoms with Gasteiger partial charge in [0.05, 0.1) is 0 Å². The Hall–Kier alpha value is -1.42. The first-order chi connectivity index (χ1) is 9.53. The van der Waals surface area contributed by atoms with Gasteiger partial charge in [0.25, 0.3) is 0 Å². The van der Waals surface area contributed by atoms with Crippen molar-refractivity contribution in [3.63, 3.8) is 0 Å². The average molecular weight is 290 g/mol. The Morgan fingerprint density at radius 1 is 1.25 bits per heavy atom. The van der Waals surface area contributed by atoms with E-state index >= 15 is 0 Å². The molecular formula is C16H22N2OS. The third-order valence-corrected chi connectivity index (χ3v) is 4.43. The predicted octanol–water partition coefficient (Wildman–Crippen LogP) is 3.10. The van der Waals surface area contributed by atoms with E-state index in [2.05, 4.69) is 5.32 Å². The second-order valence-corrected chi connectivity index (χ2v) is 6.31. The molecule has 20 heavy (non-hydrogen) atoms. The number of rotatable bonds is 4. The Morgan fingerprint density at radius 2 is 1.85 bits per heavy atom.